The maximum absolute atomic E-state index is 12.4. The van der Waals surface area contributed by atoms with E-state index in [0.29, 0.717) is 16.8 Å². The highest BCUT2D eigenvalue weighted by Crippen LogP contribution is 2.23. The van der Waals surface area contributed by atoms with E-state index >= 15 is 0 Å². The lowest BCUT2D eigenvalue weighted by molar-refractivity contribution is -0.384. The Kier molecular flexibility index (Phi) is 7.44. The van der Waals surface area contributed by atoms with Crippen LogP contribution in [0.15, 0.2) is 34.8 Å². The number of rotatable bonds is 9. The summed E-state index contributed by atoms with van der Waals surface area (Å²) in [4.78, 5) is 42.7. The summed E-state index contributed by atoms with van der Waals surface area (Å²) in [5, 5.41) is 15.2. The third-order valence-electron chi connectivity index (χ3n) is 3.99. The largest absolute Gasteiger partial charge is 0.383 e. The minimum Gasteiger partial charge on any atom is -0.383 e. The molecular weight excluding hydrogens is 482 g/mol. The van der Waals surface area contributed by atoms with Gasteiger partial charge in [-0.3, -0.25) is 19.7 Å². The predicted octanol–water partition coefficient (Wildman–Crippen LogP) is 1.19. The van der Waals surface area contributed by atoms with Gasteiger partial charge in [-0.15, -0.1) is 11.3 Å². The monoisotopic (exact) mass is 499 g/mol. The van der Waals surface area contributed by atoms with Gasteiger partial charge in [-0.1, -0.05) is 11.3 Å². The Hall–Kier alpha value is -3.01. The molecule has 0 aliphatic rings. The highest BCUT2D eigenvalue weighted by atomic mass is 32.2. The fourth-order valence-electron chi connectivity index (χ4n) is 2.68. The third-order valence-corrected chi connectivity index (χ3v) is 7.11. The summed E-state index contributed by atoms with van der Waals surface area (Å²) in [5.74, 6) is -3.62. The Morgan fingerprint density at radius 1 is 1.34 bits per heavy atom. The molecule has 2 amide bonds. The van der Waals surface area contributed by atoms with Gasteiger partial charge in [0.25, 0.3) is 11.6 Å². The highest BCUT2D eigenvalue weighted by Gasteiger charge is 2.22. The van der Waals surface area contributed by atoms with Gasteiger partial charge in [0.2, 0.25) is 5.91 Å². The molecule has 3 aromatic rings. The number of nitrogens with one attached hydrogen (secondary N) is 1. The van der Waals surface area contributed by atoms with E-state index < -0.39 is 38.1 Å². The van der Waals surface area contributed by atoms with Gasteiger partial charge in [0, 0.05) is 37.4 Å². The molecule has 0 saturated heterocycles. The first-order chi connectivity index (χ1) is 15.2. The quantitative estimate of drug-likeness (QED) is 0.339. The molecule has 12 nitrogen and oxygen atoms in total. The lowest BCUT2D eigenvalue weighted by Crippen LogP contribution is -2.28. The zero-order chi connectivity index (χ0) is 23.3. The number of nitro benzene ring substituents is 1. The Morgan fingerprint density at radius 2 is 2.12 bits per heavy atom. The number of methoxy groups -OCH3 is 1. The van der Waals surface area contributed by atoms with Gasteiger partial charge in [0.1, 0.15) is 11.5 Å². The molecular formula is C17H17N5O7S3. The van der Waals surface area contributed by atoms with Crippen molar-refractivity contribution in [2.24, 2.45) is 4.99 Å². The molecule has 32 heavy (non-hydrogen) atoms. The van der Waals surface area contributed by atoms with Crippen LogP contribution in [-0.4, -0.2) is 59.9 Å². The van der Waals surface area contributed by atoms with E-state index in [1.54, 1.807) is 9.95 Å². The van der Waals surface area contributed by atoms with Gasteiger partial charge in [-0.25, -0.2) is 13.4 Å². The molecule has 0 radical (unpaired) electrons. The number of thiazole rings is 2. The third kappa shape index (κ3) is 6.03. The number of carbonyl (C=O) groups is 2. The topological polar surface area (TPSA) is 163 Å². The van der Waals surface area contributed by atoms with Crippen molar-refractivity contribution >= 4 is 65.4 Å². The molecule has 0 atom stereocenters. The average Bonchev–Trinajstić information content (AvgIpc) is 3.31. The molecule has 2 heterocycles. The van der Waals surface area contributed by atoms with Gasteiger partial charge in [-0.05, 0) is 6.07 Å². The van der Waals surface area contributed by atoms with E-state index in [-0.39, 0.29) is 22.2 Å². The number of aromatic nitrogens is 2. The van der Waals surface area contributed by atoms with Crippen molar-refractivity contribution in [2.75, 3.05) is 30.5 Å². The van der Waals surface area contributed by atoms with Crippen molar-refractivity contribution in [3.8, 4) is 0 Å². The number of anilines is 1. The zero-order valence-corrected chi connectivity index (χ0v) is 19.0. The number of nitrogens with zero attached hydrogens (tertiary/aromatic N) is 4. The van der Waals surface area contributed by atoms with E-state index in [1.165, 1.54) is 31.5 Å². The molecule has 15 heteroatoms. The molecule has 2 aromatic heterocycles. The van der Waals surface area contributed by atoms with Crippen molar-refractivity contribution in [1.82, 2.24) is 9.55 Å². The summed E-state index contributed by atoms with van der Waals surface area (Å²) in [6.07, 6.45) is 1.45. The lowest BCUT2D eigenvalue weighted by Gasteiger charge is -2.04. The standard InChI is InChI=1S/C17H17N5O7S3/c1-29-6-5-21-12-3-2-11(22(25)26)8-13(12)31-17(21)20-15(24)10-32(27,28)9-14(23)19-16-18-4-7-30-16/h2-4,7-8H,5-6,9-10H2,1H3,(H,18,19,23). The second kappa shape index (κ2) is 10.1. The van der Waals surface area contributed by atoms with Crippen molar-refractivity contribution in [1.29, 1.82) is 0 Å². The van der Waals surface area contributed by atoms with Crippen LogP contribution in [0, 0.1) is 10.1 Å². The molecule has 0 aliphatic heterocycles. The Labute approximate surface area is 189 Å². The van der Waals surface area contributed by atoms with Gasteiger partial charge in [0.05, 0.1) is 21.7 Å². The Morgan fingerprint density at radius 3 is 2.78 bits per heavy atom. The van der Waals surface area contributed by atoms with Crippen molar-refractivity contribution < 1.29 is 27.7 Å². The number of hydrogen-bond acceptors (Lipinski definition) is 10. The first-order valence-electron chi connectivity index (χ1n) is 8.92. The number of benzene rings is 1. The highest BCUT2D eigenvalue weighted by molar-refractivity contribution is 7.92. The normalized spacial score (nSPS) is 12.2. The Balaban J connectivity index is 1.83. The summed E-state index contributed by atoms with van der Waals surface area (Å²) < 4.78 is 31.7. The molecule has 0 unspecified atom stereocenters. The SMILES string of the molecule is COCCn1c(=NC(=O)CS(=O)(=O)CC(=O)Nc2nccs2)sc2cc([N+](=O)[O-])ccc21. The number of hydrogen-bond donors (Lipinski definition) is 1. The lowest BCUT2D eigenvalue weighted by atomic mass is 10.3. The maximum atomic E-state index is 12.4. The first-order valence-corrected chi connectivity index (χ1v) is 12.4. The van der Waals surface area contributed by atoms with E-state index in [1.807, 2.05) is 0 Å². The number of amides is 2. The molecule has 0 fully saturated rings. The summed E-state index contributed by atoms with van der Waals surface area (Å²) >= 11 is 2.14. The molecule has 0 aliphatic carbocycles. The van der Waals surface area contributed by atoms with Crippen LogP contribution < -0.4 is 10.1 Å². The van der Waals surface area contributed by atoms with Crippen LogP contribution in [0.3, 0.4) is 0 Å². The second-order valence-corrected chi connectivity index (χ2v) is 10.3. The Bertz CT molecular complexity index is 1330. The summed E-state index contributed by atoms with van der Waals surface area (Å²) in [7, 11) is -2.59. The van der Waals surface area contributed by atoms with Crippen LogP contribution in [0.4, 0.5) is 10.8 Å². The number of nitro groups is 1. The van der Waals surface area contributed by atoms with Crippen molar-refractivity contribution in [3.63, 3.8) is 0 Å². The number of sulfone groups is 1. The van der Waals surface area contributed by atoms with Gasteiger partial charge < -0.3 is 14.6 Å². The molecule has 3 rings (SSSR count). The minimum absolute atomic E-state index is 0.121. The van der Waals surface area contributed by atoms with Gasteiger partial charge in [0.15, 0.2) is 19.8 Å². The molecule has 0 bridgehead atoms. The van der Waals surface area contributed by atoms with Crippen LogP contribution in [0.1, 0.15) is 0 Å². The van der Waals surface area contributed by atoms with Crippen molar-refractivity contribution in [2.45, 2.75) is 6.54 Å². The molecule has 0 spiro atoms. The summed E-state index contributed by atoms with van der Waals surface area (Å²) in [6.45, 7) is 0.572. The molecule has 170 valence electrons. The summed E-state index contributed by atoms with van der Waals surface area (Å²) in [5.41, 5.74) is 0.472. The summed E-state index contributed by atoms with van der Waals surface area (Å²) in [6, 6.07) is 4.21. The van der Waals surface area contributed by atoms with E-state index in [0.717, 1.165) is 22.7 Å². The number of fused-ring (bicyclic) bond motifs is 1. The van der Waals surface area contributed by atoms with Gasteiger partial charge in [-0.2, -0.15) is 4.99 Å². The zero-order valence-electron chi connectivity index (χ0n) is 16.6. The van der Waals surface area contributed by atoms with E-state index in [2.05, 4.69) is 15.3 Å². The molecule has 1 aromatic carbocycles. The predicted molar refractivity (Wildman–Crippen MR) is 118 cm³/mol. The van der Waals surface area contributed by atoms with Crippen LogP contribution in [0.25, 0.3) is 10.2 Å². The second-order valence-electron chi connectivity index (χ2n) is 6.36. The van der Waals surface area contributed by atoms with Crippen LogP contribution in [0.5, 0.6) is 0 Å². The first kappa shape index (κ1) is 23.6. The number of non-ortho nitro benzene ring substituents is 1. The van der Waals surface area contributed by atoms with Crippen LogP contribution >= 0.6 is 22.7 Å². The number of ether oxygens (including phenoxy) is 1. The van der Waals surface area contributed by atoms with Crippen molar-refractivity contribution in [3.05, 3.63) is 44.7 Å². The van der Waals surface area contributed by atoms with E-state index in [9.17, 15) is 28.1 Å². The number of carbonyl (C=O) groups excluding carboxylic acids is 2. The smallest absolute Gasteiger partial charge is 0.270 e. The van der Waals surface area contributed by atoms with Gasteiger partial charge >= 0.3 is 0 Å². The maximum Gasteiger partial charge on any atom is 0.270 e. The molecule has 1 N–H and O–H groups in total. The van der Waals surface area contributed by atoms with Crippen LogP contribution in [0.2, 0.25) is 0 Å². The fourth-order valence-corrected chi connectivity index (χ4v) is 5.34. The van der Waals surface area contributed by atoms with Crippen LogP contribution in [-0.2, 0) is 30.7 Å². The minimum atomic E-state index is -4.08. The van der Waals surface area contributed by atoms with E-state index in [4.69, 9.17) is 4.74 Å². The fraction of sp³-hybridized carbons (Fsp3) is 0.294. The average molecular weight is 500 g/mol. The molecule has 0 saturated carbocycles.